The maximum Gasteiger partial charge on any atom is 0.347 e. The molecule has 0 aliphatic heterocycles. The van der Waals surface area contributed by atoms with Crippen LogP contribution >= 0.6 is 11.6 Å². The SMILES string of the molecule is CC(C)(C)N.CC(C)(Oc1ccc(Cl)c(CCOc2cc(C(C)(C)C)c(O)c(C(C)(C)C)c2)c1)C(=O)O. The summed E-state index contributed by atoms with van der Waals surface area (Å²) in [4.78, 5) is 11.3. The molecule has 0 saturated carbocycles. The molecule has 0 aromatic heterocycles. The second-order valence-electron chi connectivity index (χ2n) is 13.0. The first-order valence-electron chi connectivity index (χ1n) is 12.5. The number of rotatable bonds is 7. The van der Waals surface area contributed by atoms with Crippen LogP contribution in [0.5, 0.6) is 17.2 Å². The number of phenols is 1. The van der Waals surface area contributed by atoms with Crippen LogP contribution in [0.2, 0.25) is 5.02 Å². The molecule has 0 spiro atoms. The summed E-state index contributed by atoms with van der Waals surface area (Å²) in [6.07, 6.45) is 0.514. The quantitative estimate of drug-likeness (QED) is 0.345. The van der Waals surface area contributed by atoms with E-state index in [0.717, 1.165) is 16.7 Å². The normalized spacial score (nSPS) is 12.5. The molecule has 0 unspecified atom stereocenters. The molecule has 0 atom stereocenters. The standard InChI is InChI=1S/C26H35ClO5.C4H11N/c1-24(2,3)19-14-18(15-20(22(19)28)25(4,5)6)31-12-11-16-13-17(9-10-21(16)27)32-26(7,8)23(29)30;1-4(2,3)5/h9-10,13-15,28H,11-12H2,1-8H3,(H,29,30);5H2,1-3H3. The van der Waals surface area contributed by atoms with Crippen molar-refractivity contribution in [1.29, 1.82) is 0 Å². The molecule has 208 valence electrons. The fraction of sp³-hybridized carbons (Fsp3) is 0.567. The highest BCUT2D eigenvalue weighted by Crippen LogP contribution is 2.41. The lowest BCUT2D eigenvalue weighted by Gasteiger charge is -2.28. The third kappa shape index (κ3) is 10.8. The van der Waals surface area contributed by atoms with E-state index in [0.29, 0.717) is 35.3 Å². The summed E-state index contributed by atoms with van der Waals surface area (Å²) >= 11 is 6.34. The Morgan fingerprint density at radius 1 is 0.865 bits per heavy atom. The van der Waals surface area contributed by atoms with Gasteiger partial charge in [-0.1, -0.05) is 53.1 Å². The number of hydrogen-bond acceptors (Lipinski definition) is 5. The van der Waals surface area contributed by atoms with Gasteiger partial charge in [0.15, 0.2) is 5.60 Å². The highest BCUT2D eigenvalue weighted by Gasteiger charge is 2.30. The van der Waals surface area contributed by atoms with Crippen molar-refractivity contribution in [3.8, 4) is 17.2 Å². The number of benzene rings is 2. The minimum Gasteiger partial charge on any atom is -0.507 e. The lowest BCUT2D eigenvalue weighted by atomic mass is 9.79. The highest BCUT2D eigenvalue weighted by molar-refractivity contribution is 6.31. The topological polar surface area (TPSA) is 102 Å². The Bertz CT molecular complexity index is 1030. The summed E-state index contributed by atoms with van der Waals surface area (Å²) in [6, 6.07) is 8.87. The van der Waals surface area contributed by atoms with E-state index in [-0.39, 0.29) is 16.4 Å². The molecule has 2 aromatic carbocycles. The van der Waals surface area contributed by atoms with Gasteiger partial charge in [0.25, 0.3) is 0 Å². The van der Waals surface area contributed by atoms with Crippen molar-refractivity contribution in [3.63, 3.8) is 0 Å². The molecule has 7 heteroatoms. The predicted molar refractivity (Wildman–Crippen MR) is 152 cm³/mol. The predicted octanol–water partition coefficient (Wildman–Crippen LogP) is 7.25. The molecule has 0 aliphatic rings. The summed E-state index contributed by atoms with van der Waals surface area (Å²) in [5.74, 6) is 0.389. The van der Waals surface area contributed by atoms with Crippen molar-refractivity contribution in [1.82, 2.24) is 0 Å². The molecular formula is C30H46ClNO5. The number of aliphatic carboxylic acids is 1. The van der Waals surface area contributed by atoms with Crippen LogP contribution in [0.1, 0.15) is 92.9 Å². The average Bonchev–Trinajstić information content (AvgIpc) is 2.68. The van der Waals surface area contributed by atoms with E-state index >= 15 is 0 Å². The Morgan fingerprint density at radius 3 is 1.73 bits per heavy atom. The van der Waals surface area contributed by atoms with Gasteiger partial charge in [0.1, 0.15) is 17.2 Å². The van der Waals surface area contributed by atoms with Gasteiger partial charge in [0.05, 0.1) is 6.61 Å². The van der Waals surface area contributed by atoms with E-state index in [4.69, 9.17) is 26.8 Å². The molecule has 2 rings (SSSR count). The molecule has 6 nitrogen and oxygen atoms in total. The van der Waals surface area contributed by atoms with Crippen LogP contribution < -0.4 is 15.2 Å². The second-order valence-corrected chi connectivity index (χ2v) is 13.4. The summed E-state index contributed by atoms with van der Waals surface area (Å²) in [7, 11) is 0. The molecule has 37 heavy (non-hydrogen) atoms. The fourth-order valence-electron chi connectivity index (χ4n) is 3.26. The number of carbonyl (C=O) groups is 1. The van der Waals surface area contributed by atoms with E-state index in [9.17, 15) is 15.0 Å². The van der Waals surface area contributed by atoms with Crippen LogP contribution in [-0.2, 0) is 22.0 Å². The first kappa shape index (κ1) is 32.6. The number of nitrogens with two attached hydrogens (primary N) is 1. The monoisotopic (exact) mass is 535 g/mol. The van der Waals surface area contributed by atoms with Crippen LogP contribution in [0.3, 0.4) is 0 Å². The van der Waals surface area contributed by atoms with E-state index in [1.54, 1.807) is 18.2 Å². The zero-order valence-corrected chi connectivity index (χ0v) is 25.1. The first-order valence-corrected chi connectivity index (χ1v) is 12.9. The van der Waals surface area contributed by atoms with Gasteiger partial charge in [-0.25, -0.2) is 4.79 Å². The van der Waals surface area contributed by atoms with Crippen molar-refractivity contribution >= 4 is 17.6 Å². The number of phenolic OH excluding ortho intramolecular Hbond substituents is 1. The van der Waals surface area contributed by atoms with Gasteiger partial charge in [0.2, 0.25) is 0 Å². The summed E-state index contributed by atoms with van der Waals surface area (Å²) in [5, 5.41) is 20.7. The maximum atomic E-state index is 11.3. The Morgan fingerprint density at radius 2 is 1.32 bits per heavy atom. The van der Waals surface area contributed by atoms with Crippen LogP contribution in [0, 0.1) is 0 Å². The third-order valence-electron chi connectivity index (χ3n) is 5.24. The van der Waals surface area contributed by atoms with Crippen molar-refractivity contribution in [2.24, 2.45) is 5.73 Å². The smallest absolute Gasteiger partial charge is 0.347 e. The Balaban J connectivity index is 0.00000124. The molecule has 2 aromatic rings. The van der Waals surface area contributed by atoms with E-state index in [1.165, 1.54) is 13.8 Å². The van der Waals surface area contributed by atoms with Crippen LogP contribution in [0.25, 0.3) is 0 Å². The third-order valence-corrected chi connectivity index (χ3v) is 5.61. The fourth-order valence-corrected chi connectivity index (χ4v) is 3.47. The molecule has 0 bridgehead atoms. The summed E-state index contributed by atoms with van der Waals surface area (Å²) in [6.45, 7) is 21.6. The van der Waals surface area contributed by atoms with Crippen molar-refractivity contribution in [2.45, 2.75) is 105 Å². The number of ether oxygens (including phenoxy) is 2. The largest absolute Gasteiger partial charge is 0.507 e. The van der Waals surface area contributed by atoms with Crippen molar-refractivity contribution in [2.75, 3.05) is 6.61 Å². The lowest BCUT2D eigenvalue weighted by Crippen LogP contribution is -2.37. The first-order chi connectivity index (χ1) is 16.5. The molecule has 0 amide bonds. The number of carboxylic acids is 1. The van der Waals surface area contributed by atoms with Gasteiger partial charge in [-0.3, -0.25) is 0 Å². The van der Waals surface area contributed by atoms with Crippen LogP contribution in [0.4, 0.5) is 0 Å². The molecule has 0 heterocycles. The number of carboxylic acid groups (broad SMARTS) is 1. The molecule has 0 fully saturated rings. The Labute approximate surface area is 228 Å². The summed E-state index contributed by atoms with van der Waals surface area (Å²) in [5.41, 5.74) is 6.00. The number of hydrogen-bond donors (Lipinski definition) is 3. The van der Waals surface area contributed by atoms with Gasteiger partial charge in [-0.05, 0) is 81.3 Å². The van der Waals surface area contributed by atoms with Gasteiger partial charge in [-0.2, -0.15) is 0 Å². The minimum atomic E-state index is -1.35. The van der Waals surface area contributed by atoms with Crippen molar-refractivity contribution in [3.05, 3.63) is 52.0 Å². The van der Waals surface area contributed by atoms with E-state index in [1.807, 2.05) is 32.9 Å². The Hall–Kier alpha value is -2.44. The molecule has 0 aliphatic carbocycles. The summed E-state index contributed by atoms with van der Waals surface area (Å²) < 4.78 is 11.7. The van der Waals surface area contributed by atoms with Crippen molar-refractivity contribution < 1.29 is 24.5 Å². The average molecular weight is 536 g/mol. The van der Waals surface area contributed by atoms with Gasteiger partial charge >= 0.3 is 5.97 Å². The molecule has 0 radical (unpaired) electrons. The van der Waals surface area contributed by atoms with Gasteiger partial charge in [0, 0.05) is 28.1 Å². The van der Waals surface area contributed by atoms with Gasteiger partial charge < -0.3 is 25.4 Å². The molecule has 4 N–H and O–H groups in total. The highest BCUT2D eigenvalue weighted by atomic mass is 35.5. The molecular weight excluding hydrogens is 490 g/mol. The Kier molecular flexibility index (Phi) is 10.5. The van der Waals surface area contributed by atoms with E-state index in [2.05, 4.69) is 41.5 Å². The number of halogens is 1. The zero-order chi connectivity index (χ0) is 29.0. The van der Waals surface area contributed by atoms with Gasteiger partial charge in [-0.15, -0.1) is 0 Å². The maximum absolute atomic E-state index is 11.3. The zero-order valence-electron chi connectivity index (χ0n) is 24.4. The number of aromatic hydroxyl groups is 1. The second kappa shape index (κ2) is 12.0. The van der Waals surface area contributed by atoms with Crippen LogP contribution in [0.15, 0.2) is 30.3 Å². The van der Waals surface area contributed by atoms with Crippen LogP contribution in [-0.4, -0.2) is 33.9 Å². The van der Waals surface area contributed by atoms with E-state index < -0.39 is 11.6 Å². The minimum absolute atomic E-state index is 0. The molecule has 0 saturated heterocycles. The lowest BCUT2D eigenvalue weighted by molar-refractivity contribution is -0.152.